The second kappa shape index (κ2) is 11.2. The minimum absolute atomic E-state index is 0.150. The standard InChI is InChI=1S/C36H51BO9Si/c1-10-47(11-2,12-3)46-25-18-26-34(20-44-26)36(37(34)22(5)38)31(45-30(41)23-16-14-13-15-17-23)35(42)19-24(39)21(4)27(32(35,6)7)28(43-9)29(40)33(25,36)8/h13-17,24-26,28,31,39,42H,10-12,18-20H2,1-9H3/t24-,25-,26+,28+,31+,33-,34-,35+,36+/m0/s1. The maximum Gasteiger partial charge on any atom is 0.338 e. The number of carbonyl (C=O) groups excluding carboxylic acids is 3. The van der Waals surface area contributed by atoms with Gasteiger partial charge in [-0.2, -0.15) is 0 Å². The fourth-order valence-electron chi connectivity index (χ4n) is 11.1. The van der Waals surface area contributed by atoms with Crippen molar-refractivity contribution >= 4 is 32.5 Å². The lowest BCUT2D eigenvalue weighted by Gasteiger charge is -2.66. The van der Waals surface area contributed by atoms with Crippen molar-refractivity contribution in [2.24, 2.45) is 10.8 Å². The molecule has 0 radical (unpaired) electrons. The summed E-state index contributed by atoms with van der Waals surface area (Å²) in [5, 5.41) is 22.7. The Morgan fingerprint density at radius 1 is 1.09 bits per heavy atom. The van der Waals surface area contributed by atoms with E-state index in [1.807, 2.05) is 20.8 Å². The maximum absolute atomic E-state index is 15.7. The molecule has 5 aliphatic rings. The van der Waals surface area contributed by atoms with Crippen LogP contribution in [0.15, 0.2) is 41.5 Å². The van der Waals surface area contributed by atoms with Crippen LogP contribution in [0.5, 0.6) is 0 Å². The molecule has 0 aromatic heterocycles. The number of esters is 1. The molecule has 4 fully saturated rings. The summed E-state index contributed by atoms with van der Waals surface area (Å²) in [5.74, 6) is -0.942. The van der Waals surface area contributed by atoms with Gasteiger partial charge in [0, 0.05) is 36.2 Å². The molecule has 2 saturated carbocycles. The Balaban J connectivity index is 1.70. The molecule has 2 bridgehead atoms. The number of hydrogen-bond donors (Lipinski definition) is 2. The largest absolute Gasteiger partial charge is 0.456 e. The number of methoxy groups -OCH3 is 1. The van der Waals surface area contributed by atoms with E-state index in [2.05, 4.69) is 20.8 Å². The lowest BCUT2D eigenvalue weighted by molar-refractivity contribution is -0.239. The van der Waals surface area contributed by atoms with Crippen LogP contribution in [0.2, 0.25) is 28.8 Å². The summed E-state index contributed by atoms with van der Waals surface area (Å²) in [6.45, 7) is 14.7. The van der Waals surface area contributed by atoms with Crippen molar-refractivity contribution in [3.8, 4) is 0 Å². The molecule has 11 heteroatoms. The Morgan fingerprint density at radius 2 is 1.70 bits per heavy atom. The Labute approximate surface area is 280 Å². The van der Waals surface area contributed by atoms with Crippen LogP contribution in [0, 0.1) is 10.8 Å². The summed E-state index contributed by atoms with van der Waals surface area (Å²) in [4.78, 5) is 43.9. The van der Waals surface area contributed by atoms with E-state index in [-0.39, 0.29) is 30.1 Å². The van der Waals surface area contributed by atoms with Crippen LogP contribution in [0.3, 0.4) is 0 Å². The summed E-state index contributed by atoms with van der Waals surface area (Å²) < 4.78 is 26.3. The number of benzene rings is 1. The molecule has 0 amide bonds. The Bertz CT molecular complexity index is 1500. The molecule has 3 aliphatic carbocycles. The highest BCUT2D eigenvalue weighted by Crippen LogP contribution is 2.93. The van der Waals surface area contributed by atoms with Crippen molar-refractivity contribution in [2.45, 2.75) is 133 Å². The van der Waals surface area contributed by atoms with Gasteiger partial charge in [-0.25, -0.2) is 4.79 Å². The molecule has 2 saturated heterocycles. The molecule has 2 aliphatic heterocycles. The zero-order valence-corrected chi connectivity index (χ0v) is 30.3. The van der Waals surface area contributed by atoms with Gasteiger partial charge in [0.1, 0.15) is 17.8 Å². The summed E-state index contributed by atoms with van der Waals surface area (Å²) >= 11 is 0. The first-order valence-corrected chi connectivity index (χ1v) is 19.8. The van der Waals surface area contributed by atoms with Gasteiger partial charge in [0.2, 0.25) is 6.71 Å². The minimum atomic E-state index is -2.37. The molecule has 0 unspecified atom stereocenters. The number of rotatable bonds is 9. The van der Waals surface area contributed by atoms with Gasteiger partial charge in [0.25, 0.3) is 0 Å². The van der Waals surface area contributed by atoms with Gasteiger partial charge in [0.05, 0.1) is 35.0 Å². The van der Waals surface area contributed by atoms with Crippen molar-refractivity contribution < 1.29 is 43.2 Å². The molecule has 6 rings (SSSR count). The number of aliphatic hydroxyl groups is 2. The third-order valence-electron chi connectivity index (χ3n) is 13.9. The van der Waals surface area contributed by atoms with E-state index in [0.29, 0.717) is 17.6 Å². The number of fused-ring (bicyclic) bond motifs is 2. The predicted molar refractivity (Wildman–Crippen MR) is 180 cm³/mol. The van der Waals surface area contributed by atoms with E-state index in [0.717, 1.165) is 18.1 Å². The molecule has 2 heterocycles. The zero-order chi connectivity index (χ0) is 34.5. The van der Waals surface area contributed by atoms with E-state index in [1.54, 1.807) is 37.3 Å². The Hall–Kier alpha value is -2.15. The summed E-state index contributed by atoms with van der Waals surface area (Å²) in [7, 11) is -0.897. The topological polar surface area (TPSA) is 129 Å². The zero-order valence-electron chi connectivity index (χ0n) is 29.3. The number of ketones is 1. The number of Topliss-reactive ketones (excluding diaryl/α,β-unsaturated/α-hetero) is 1. The molecular formula is C36H51BO9Si. The average Bonchev–Trinajstić information content (AvgIpc) is 3.73. The Morgan fingerprint density at radius 3 is 2.21 bits per heavy atom. The highest BCUT2D eigenvalue weighted by atomic mass is 28.4. The van der Waals surface area contributed by atoms with Crippen molar-refractivity contribution in [1.29, 1.82) is 0 Å². The fourth-order valence-corrected chi connectivity index (χ4v) is 14.0. The lowest BCUT2D eigenvalue weighted by Crippen LogP contribution is -2.73. The molecular weight excluding hydrogens is 615 g/mol. The van der Waals surface area contributed by atoms with Gasteiger partial charge in [-0.1, -0.05) is 59.7 Å². The van der Waals surface area contributed by atoms with E-state index in [4.69, 9.17) is 18.6 Å². The minimum Gasteiger partial charge on any atom is -0.456 e. The van der Waals surface area contributed by atoms with Crippen LogP contribution in [-0.2, 0) is 28.2 Å². The quantitative estimate of drug-likeness (QED) is 0.213. The van der Waals surface area contributed by atoms with Crippen LogP contribution in [0.25, 0.3) is 0 Å². The molecule has 2 spiro atoms. The van der Waals surface area contributed by atoms with Gasteiger partial charge in [-0.05, 0) is 61.7 Å². The normalized spacial score (nSPS) is 40.3. The third-order valence-corrected chi connectivity index (χ3v) is 18.6. The van der Waals surface area contributed by atoms with E-state index in [1.165, 1.54) is 14.0 Å². The first kappa shape index (κ1) is 34.7. The summed E-state index contributed by atoms with van der Waals surface area (Å²) in [6, 6.07) is 11.1. The van der Waals surface area contributed by atoms with Gasteiger partial charge >= 0.3 is 5.97 Å². The molecule has 1 aromatic carbocycles. The Kier molecular flexibility index (Phi) is 8.26. The molecule has 1 aromatic rings. The van der Waals surface area contributed by atoms with Crippen molar-refractivity contribution in [3.05, 3.63) is 47.0 Å². The lowest BCUT2D eigenvalue weighted by atomic mass is 9.40. The molecule has 47 heavy (non-hydrogen) atoms. The van der Waals surface area contributed by atoms with Crippen molar-refractivity contribution in [2.75, 3.05) is 13.7 Å². The van der Waals surface area contributed by atoms with E-state index < -0.39 is 78.6 Å². The molecule has 9 atom stereocenters. The highest BCUT2D eigenvalue weighted by molar-refractivity contribution is 7.04. The first-order chi connectivity index (χ1) is 22.1. The van der Waals surface area contributed by atoms with Gasteiger partial charge in [0.15, 0.2) is 14.1 Å². The number of aliphatic hydroxyl groups excluding tert-OH is 1. The van der Waals surface area contributed by atoms with Crippen molar-refractivity contribution in [3.63, 3.8) is 0 Å². The summed E-state index contributed by atoms with van der Waals surface area (Å²) in [5.41, 5.74) is -3.38. The van der Waals surface area contributed by atoms with E-state index in [9.17, 15) is 19.8 Å². The number of ether oxygens (including phenoxy) is 3. The number of hydrogen-bond acceptors (Lipinski definition) is 9. The predicted octanol–water partition coefficient (Wildman–Crippen LogP) is 4.96. The number of carbonyl (C=O) groups is 3. The van der Waals surface area contributed by atoms with Crippen LogP contribution in [0.1, 0.15) is 78.6 Å². The first-order valence-electron chi connectivity index (χ1n) is 17.3. The SMILES string of the molecule is CC[Si](CC)(CC)O[C@H]1C[C@H]2OC[C@]23B(C(C)=O)[C@@]32[C@H](OC(=O)c3ccccc3)[C@]3(O)C[C@H](O)C(C)=C([C@@H](OC)C(=O)[C@]12C)C3(C)C. The van der Waals surface area contributed by atoms with Gasteiger partial charge in [-0.3, -0.25) is 4.79 Å². The summed E-state index contributed by atoms with van der Waals surface area (Å²) in [6.07, 6.45) is -4.50. The smallest absolute Gasteiger partial charge is 0.338 e. The van der Waals surface area contributed by atoms with Gasteiger partial charge in [-0.15, -0.1) is 0 Å². The molecule has 9 nitrogen and oxygen atoms in total. The van der Waals surface area contributed by atoms with Crippen LogP contribution in [-0.4, -0.2) is 92.5 Å². The van der Waals surface area contributed by atoms with Gasteiger partial charge < -0.3 is 33.6 Å². The van der Waals surface area contributed by atoms with Crippen LogP contribution in [0.4, 0.5) is 0 Å². The average molecular weight is 667 g/mol. The van der Waals surface area contributed by atoms with Crippen LogP contribution < -0.4 is 0 Å². The second-order valence-corrected chi connectivity index (χ2v) is 20.3. The highest BCUT2D eigenvalue weighted by Gasteiger charge is 2.99. The van der Waals surface area contributed by atoms with E-state index >= 15 is 4.79 Å². The van der Waals surface area contributed by atoms with Crippen molar-refractivity contribution in [1.82, 2.24) is 0 Å². The monoisotopic (exact) mass is 666 g/mol. The fraction of sp³-hybridized carbons (Fsp3) is 0.694. The third kappa shape index (κ3) is 4.04. The maximum atomic E-state index is 15.7. The molecule has 2 N–H and O–H groups in total. The van der Waals surface area contributed by atoms with Crippen LogP contribution >= 0.6 is 0 Å². The second-order valence-electron chi connectivity index (χ2n) is 15.5. The molecule has 256 valence electrons.